The van der Waals surface area contributed by atoms with Crippen molar-refractivity contribution in [3.63, 3.8) is 0 Å². The monoisotopic (exact) mass is 366 g/mol. The molecule has 5 nitrogen and oxygen atoms in total. The van der Waals surface area contributed by atoms with Gasteiger partial charge in [-0.2, -0.15) is 0 Å². The normalized spacial score (nSPS) is 13.3. The van der Waals surface area contributed by atoms with Crippen LogP contribution in [0.1, 0.15) is 32.0 Å². The van der Waals surface area contributed by atoms with Gasteiger partial charge in [0.05, 0.1) is 10.9 Å². The zero-order valence-corrected chi connectivity index (χ0v) is 14.3. The first-order chi connectivity index (χ1) is 13.6. The summed E-state index contributed by atoms with van der Waals surface area (Å²) < 4.78 is 11.2. The fraction of sp³-hybridized carbons (Fsp3) is 0. The van der Waals surface area contributed by atoms with Gasteiger partial charge in [0.1, 0.15) is 11.0 Å². The number of fused-ring (bicyclic) bond motifs is 7. The Hall–Kier alpha value is -3.99. The van der Waals surface area contributed by atoms with Crippen molar-refractivity contribution in [1.29, 1.82) is 0 Å². The largest absolute Gasteiger partial charge is 0.451 e. The number of carbonyl (C=O) groups excluding carboxylic acids is 2. The van der Waals surface area contributed by atoms with Gasteiger partial charge in [0.25, 0.3) is 0 Å². The van der Waals surface area contributed by atoms with Crippen LogP contribution in [0.15, 0.2) is 74.3 Å². The molecule has 5 heteroatoms. The van der Waals surface area contributed by atoms with E-state index in [9.17, 15) is 14.4 Å². The number of ketones is 2. The van der Waals surface area contributed by atoms with Crippen molar-refractivity contribution >= 4 is 44.3 Å². The lowest BCUT2D eigenvalue weighted by atomic mass is 9.85. The quantitative estimate of drug-likeness (QED) is 0.371. The molecule has 1 aliphatic rings. The number of carbonyl (C=O) groups is 2. The van der Waals surface area contributed by atoms with Crippen LogP contribution in [-0.2, 0) is 0 Å². The molecular weight excluding hydrogens is 356 g/mol. The van der Waals surface area contributed by atoms with Crippen LogP contribution in [0.3, 0.4) is 0 Å². The Labute approximate surface area is 156 Å². The second-order valence-corrected chi connectivity index (χ2v) is 6.80. The summed E-state index contributed by atoms with van der Waals surface area (Å²) in [6, 6.07) is 17.7. The van der Waals surface area contributed by atoms with E-state index in [0.29, 0.717) is 11.0 Å². The zero-order chi connectivity index (χ0) is 19.0. The van der Waals surface area contributed by atoms with E-state index in [0.717, 1.165) is 10.8 Å². The minimum atomic E-state index is -0.691. The van der Waals surface area contributed by atoms with Gasteiger partial charge in [-0.1, -0.05) is 36.4 Å². The second-order valence-electron chi connectivity index (χ2n) is 6.80. The van der Waals surface area contributed by atoms with E-state index in [1.807, 2.05) is 24.3 Å². The maximum atomic E-state index is 13.3. The van der Waals surface area contributed by atoms with E-state index in [1.54, 1.807) is 36.4 Å². The molecule has 0 saturated carbocycles. The topological polar surface area (TPSA) is 77.5 Å². The average molecular weight is 366 g/mol. The van der Waals surface area contributed by atoms with Crippen molar-refractivity contribution in [3.05, 3.63) is 93.5 Å². The molecule has 28 heavy (non-hydrogen) atoms. The molecule has 1 aliphatic carbocycles. The lowest BCUT2D eigenvalue weighted by molar-refractivity contribution is 0.0962. The van der Waals surface area contributed by atoms with Gasteiger partial charge in [-0.15, -0.1) is 0 Å². The zero-order valence-electron chi connectivity index (χ0n) is 14.3. The van der Waals surface area contributed by atoms with Crippen LogP contribution in [0.4, 0.5) is 0 Å². The molecular formula is C23H10O5. The van der Waals surface area contributed by atoms with Gasteiger partial charge in [0.2, 0.25) is 5.78 Å². The maximum absolute atomic E-state index is 13.3. The summed E-state index contributed by atoms with van der Waals surface area (Å²) in [5.74, 6) is -0.918. The number of furan rings is 1. The van der Waals surface area contributed by atoms with Gasteiger partial charge in [-0.3, -0.25) is 9.59 Å². The number of benzene rings is 3. The standard InChI is InChI=1S/C23H10O5/c24-19-14-9-11-5-1-2-6-12(11)10-15(14)20(25)22-17(19)18-21(28-22)13-7-3-4-8-16(13)27-23(18)26/h1-10H. The van der Waals surface area contributed by atoms with Gasteiger partial charge in [0.15, 0.2) is 17.1 Å². The Kier molecular flexibility index (Phi) is 2.72. The van der Waals surface area contributed by atoms with Crippen LogP contribution >= 0.6 is 0 Å². The highest BCUT2D eigenvalue weighted by Gasteiger charge is 2.37. The molecule has 6 rings (SSSR count). The molecule has 0 fully saturated rings. The van der Waals surface area contributed by atoms with Gasteiger partial charge in [-0.25, -0.2) is 4.79 Å². The fourth-order valence-electron chi connectivity index (χ4n) is 3.96. The molecule has 0 aliphatic heterocycles. The Morgan fingerprint density at radius 2 is 1.32 bits per heavy atom. The molecule has 2 aromatic heterocycles. The third-order valence-corrected chi connectivity index (χ3v) is 5.26. The Balaban J connectivity index is 1.76. The summed E-state index contributed by atoms with van der Waals surface area (Å²) in [6.07, 6.45) is 0. The van der Waals surface area contributed by atoms with Crippen molar-refractivity contribution in [3.8, 4) is 0 Å². The Morgan fingerprint density at radius 3 is 2.07 bits per heavy atom. The SMILES string of the molecule is O=C1c2cc3ccccc3cc2C(=O)c2c1oc1c2c(=O)oc2ccccc21. The van der Waals surface area contributed by atoms with Gasteiger partial charge in [0, 0.05) is 11.1 Å². The fourth-order valence-corrected chi connectivity index (χ4v) is 3.96. The summed E-state index contributed by atoms with van der Waals surface area (Å²) in [6.45, 7) is 0. The molecule has 0 unspecified atom stereocenters. The molecule has 0 saturated heterocycles. The van der Waals surface area contributed by atoms with Crippen molar-refractivity contribution in [1.82, 2.24) is 0 Å². The molecule has 0 atom stereocenters. The summed E-state index contributed by atoms with van der Waals surface area (Å²) in [5.41, 5.74) is 0.395. The van der Waals surface area contributed by atoms with E-state index in [2.05, 4.69) is 0 Å². The van der Waals surface area contributed by atoms with E-state index >= 15 is 0 Å². The predicted octanol–water partition coefficient (Wildman–Crippen LogP) is 4.47. The number of hydrogen-bond acceptors (Lipinski definition) is 5. The first-order valence-electron chi connectivity index (χ1n) is 8.74. The minimum absolute atomic E-state index is 0.0118. The van der Waals surface area contributed by atoms with Crippen molar-refractivity contribution in [2.45, 2.75) is 0 Å². The number of hydrogen-bond donors (Lipinski definition) is 0. The van der Waals surface area contributed by atoms with E-state index in [-0.39, 0.29) is 33.4 Å². The highest BCUT2D eigenvalue weighted by molar-refractivity contribution is 6.33. The first kappa shape index (κ1) is 15.1. The smallest absolute Gasteiger partial charge is 0.348 e. The van der Waals surface area contributed by atoms with Crippen molar-refractivity contribution < 1.29 is 18.4 Å². The molecule has 0 radical (unpaired) electrons. The molecule has 2 heterocycles. The molecule has 3 aromatic carbocycles. The minimum Gasteiger partial charge on any atom is -0.451 e. The van der Waals surface area contributed by atoms with Crippen molar-refractivity contribution in [2.24, 2.45) is 0 Å². The van der Waals surface area contributed by atoms with E-state index in [4.69, 9.17) is 8.83 Å². The van der Waals surface area contributed by atoms with Gasteiger partial charge in [-0.05, 0) is 35.0 Å². The van der Waals surface area contributed by atoms with Crippen LogP contribution in [0.2, 0.25) is 0 Å². The molecule has 0 bridgehead atoms. The summed E-state index contributed by atoms with van der Waals surface area (Å²) in [5, 5.41) is 2.26. The first-order valence-corrected chi connectivity index (χ1v) is 8.74. The predicted molar refractivity (Wildman–Crippen MR) is 103 cm³/mol. The summed E-state index contributed by atoms with van der Waals surface area (Å²) >= 11 is 0. The molecule has 132 valence electrons. The van der Waals surface area contributed by atoms with E-state index in [1.165, 1.54) is 0 Å². The maximum Gasteiger partial charge on any atom is 0.348 e. The average Bonchev–Trinajstić information content (AvgIpc) is 3.13. The van der Waals surface area contributed by atoms with Gasteiger partial charge >= 0.3 is 5.63 Å². The highest BCUT2D eigenvalue weighted by Crippen LogP contribution is 2.37. The molecule has 5 aromatic rings. The number of rotatable bonds is 0. The van der Waals surface area contributed by atoms with E-state index < -0.39 is 17.2 Å². The van der Waals surface area contributed by atoms with Crippen LogP contribution in [-0.4, -0.2) is 11.6 Å². The molecule has 0 spiro atoms. The Morgan fingerprint density at radius 1 is 0.679 bits per heavy atom. The third kappa shape index (κ3) is 1.77. The van der Waals surface area contributed by atoms with Gasteiger partial charge < -0.3 is 8.83 Å². The molecule has 0 N–H and O–H groups in total. The van der Waals surface area contributed by atoms with Crippen LogP contribution in [0.25, 0.3) is 32.7 Å². The summed E-state index contributed by atoms with van der Waals surface area (Å²) in [7, 11) is 0. The Bertz CT molecular complexity index is 1570. The highest BCUT2D eigenvalue weighted by atomic mass is 16.4. The lowest BCUT2D eigenvalue weighted by Crippen LogP contribution is -2.20. The van der Waals surface area contributed by atoms with Crippen molar-refractivity contribution in [2.75, 3.05) is 0 Å². The lowest BCUT2D eigenvalue weighted by Gasteiger charge is -2.14. The van der Waals surface area contributed by atoms with Crippen LogP contribution in [0, 0.1) is 0 Å². The summed E-state index contributed by atoms with van der Waals surface area (Å²) in [4.78, 5) is 39.0. The van der Waals surface area contributed by atoms with Crippen LogP contribution < -0.4 is 5.63 Å². The van der Waals surface area contributed by atoms with Crippen LogP contribution in [0.5, 0.6) is 0 Å². The molecule has 0 amide bonds. The number of para-hydroxylation sites is 1. The second kappa shape index (κ2) is 5.04. The third-order valence-electron chi connectivity index (χ3n) is 5.26.